The van der Waals surface area contributed by atoms with E-state index >= 15 is 0 Å². The molecule has 196 valence electrons. The molecular formula is C25H32F6N2OS. The van der Waals surface area contributed by atoms with E-state index in [2.05, 4.69) is 4.98 Å². The molecular weight excluding hydrogens is 490 g/mol. The van der Waals surface area contributed by atoms with Crippen molar-refractivity contribution in [3.8, 4) is 0 Å². The van der Waals surface area contributed by atoms with Crippen molar-refractivity contribution in [1.29, 1.82) is 0 Å². The fourth-order valence-electron chi connectivity index (χ4n) is 5.47. The summed E-state index contributed by atoms with van der Waals surface area (Å²) in [5.41, 5.74) is -5.71. The van der Waals surface area contributed by atoms with Crippen LogP contribution in [-0.4, -0.2) is 47.5 Å². The first kappa shape index (κ1) is 27.9. The number of nitrogens with zero attached hydrogens (tertiary/aromatic N) is 2. The third-order valence-electron chi connectivity index (χ3n) is 7.61. The Morgan fingerprint density at radius 1 is 1.09 bits per heavy atom. The van der Waals surface area contributed by atoms with Crippen molar-refractivity contribution < 1.29 is 31.1 Å². The minimum absolute atomic E-state index is 0.0869. The summed E-state index contributed by atoms with van der Waals surface area (Å²) in [5, 5.41) is 1.77. The predicted molar refractivity (Wildman–Crippen MR) is 124 cm³/mol. The summed E-state index contributed by atoms with van der Waals surface area (Å²) in [7, 11) is 0. The van der Waals surface area contributed by atoms with E-state index in [0.29, 0.717) is 6.42 Å². The summed E-state index contributed by atoms with van der Waals surface area (Å²) in [4.78, 5) is 6.83. The molecule has 2 aromatic heterocycles. The lowest BCUT2D eigenvalue weighted by Gasteiger charge is -2.50. The van der Waals surface area contributed by atoms with Crippen molar-refractivity contribution in [2.45, 2.75) is 76.9 Å². The molecule has 3 rings (SSSR count). The van der Waals surface area contributed by atoms with Crippen LogP contribution in [0.5, 0.6) is 0 Å². The van der Waals surface area contributed by atoms with Crippen LogP contribution in [0.25, 0.3) is 0 Å². The summed E-state index contributed by atoms with van der Waals surface area (Å²) in [5.74, 6) is 0. The minimum atomic E-state index is -5.64. The van der Waals surface area contributed by atoms with Crippen LogP contribution in [0.1, 0.15) is 56.2 Å². The molecule has 1 fully saturated rings. The van der Waals surface area contributed by atoms with E-state index in [9.17, 15) is 26.3 Å². The smallest absolute Gasteiger partial charge is 0.358 e. The first-order valence-electron chi connectivity index (χ1n) is 11.7. The minimum Gasteiger partial charge on any atom is -0.358 e. The average Bonchev–Trinajstić information content (AvgIpc) is 3.45. The third-order valence-corrected chi connectivity index (χ3v) is 8.55. The van der Waals surface area contributed by atoms with Gasteiger partial charge < -0.3 is 4.74 Å². The number of hydrogen-bond donors (Lipinski definition) is 0. The Labute approximate surface area is 206 Å². The fourth-order valence-corrected chi connectivity index (χ4v) is 6.18. The highest BCUT2D eigenvalue weighted by atomic mass is 32.1. The summed E-state index contributed by atoms with van der Waals surface area (Å²) in [6.07, 6.45) is -9.59. The molecule has 0 aliphatic carbocycles. The lowest BCUT2D eigenvalue weighted by Crippen LogP contribution is -2.69. The van der Waals surface area contributed by atoms with Gasteiger partial charge in [-0.25, -0.2) is 0 Å². The zero-order chi connectivity index (χ0) is 26.1. The number of thiophene rings is 1. The van der Waals surface area contributed by atoms with Crippen molar-refractivity contribution in [3.05, 3.63) is 52.0 Å². The molecule has 1 saturated heterocycles. The van der Waals surface area contributed by atoms with Crippen molar-refractivity contribution in [2.24, 2.45) is 5.41 Å². The molecule has 0 radical (unpaired) electrons. The standard InChI is InChI=1S/C25H32F6N2OS/c1-5-21(4,19-10-9-18(3)32-16-19)33-14-13-22(17-33,12-11-20-8-7-15-35-20)23(34-6-2,24(26,27)28)25(29,30)31/h7-10,15-16H,5-6,11-14,17H2,1-4H3/t21?,22-/m1/s1. The van der Waals surface area contributed by atoms with E-state index < -0.39 is 42.1 Å². The second kappa shape index (κ2) is 10.0. The molecule has 35 heavy (non-hydrogen) atoms. The van der Waals surface area contributed by atoms with Crippen LogP contribution in [0, 0.1) is 12.3 Å². The van der Waals surface area contributed by atoms with Crippen molar-refractivity contribution in [2.75, 3.05) is 19.7 Å². The summed E-state index contributed by atoms with van der Waals surface area (Å²) in [6, 6.07) is 7.14. The maximum atomic E-state index is 14.6. The van der Waals surface area contributed by atoms with E-state index in [4.69, 9.17) is 4.74 Å². The number of hydrogen-bond acceptors (Lipinski definition) is 4. The van der Waals surface area contributed by atoms with Gasteiger partial charge >= 0.3 is 12.4 Å². The van der Waals surface area contributed by atoms with Gasteiger partial charge in [0.1, 0.15) is 0 Å². The van der Waals surface area contributed by atoms with E-state index in [-0.39, 0.29) is 25.8 Å². The second-order valence-electron chi connectivity index (χ2n) is 9.46. The van der Waals surface area contributed by atoms with Gasteiger partial charge in [0.25, 0.3) is 5.60 Å². The number of aryl methyl sites for hydroxylation is 2. The van der Waals surface area contributed by atoms with Gasteiger partial charge in [0.15, 0.2) is 0 Å². The molecule has 0 spiro atoms. The topological polar surface area (TPSA) is 25.4 Å². The van der Waals surface area contributed by atoms with Crippen LogP contribution in [0.2, 0.25) is 0 Å². The molecule has 1 aliphatic heterocycles. The average molecular weight is 523 g/mol. The molecule has 3 nitrogen and oxygen atoms in total. The van der Waals surface area contributed by atoms with Crippen molar-refractivity contribution >= 4 is 11.3 Å². The lowest BCUT2D eigenvalue weighted by atomic mass is 9.66. The highest BCUT2D eigenvalue weighted by molar-refractivity contribution is 7.09. The first-order valence-corrected chi connectivity index (χ1v) is 12.6. The molecule has 2 aromatic rings. The maximum absolute atomic E-state index is 14.6. The summed E-state index contributed by atoms with van der Waals surface area (Å²) in [6.45, 7) is 5.74. The zero-order valence-corrected chi connectivity index (χ0v) is 21.2. The van der Waals surface area contributed by atoms with Crippen LogP contribution in [0.3, 0.4) is 0 Å². The molecule has 0 saturated carbocycles. The van der Waals surface area contributed by atoms with Gasteiger partial charge in [-0.3, -0.25) is 9.88 Å². The largest absolute Gasteiger partial charge is 0.427 e. The quantitative estimate of drug-likeness (QED) is 0.323. The molecule has 1 unspecified atom stereocenters. The Bertz CT molecular complexity index is 946. The number of rotatable bonds is 9. The number of pyridine rings is 1. The first-order chi connectivity index (χ1) is 16.3. The number of likely N-dealkylation sites (tertiary alicyclic amines) is 1. The van der Waals surface area contributed by atoms with E-state index in [1.807, 2.05) is 26.8 Å². The maximum Gasteiger partial charge on any atom is 0.427 e. The monoisotopic (exact) mass is 522 g/mol. The van der Waals surface area contributed by atoms with Crippen molar-refractivity contribution in [3.63, 3.8) is 0 Å². The Balaban J connectivity index is 2.13. The Morgan fingerprint density at radius 3 is 2.26 bits per heavy atom. The third kappa shape index (κ3) is 4.85. The number of halogens is 6. The second-order valence-corrected chi connectivity index (χ2v) is 10.5. The van der Waals surface area contributed by atoms with Crippen LogP contribution >= 0.6 is 11.3 Å². The molecule has 0 bridgehead atoms. The molecule has 10 heteroatoms. The van der Waals surface area contributed by atoms with Crippen LogP contribution < -0.4 is 0 Å². The van der Waals surface area contributed by atoms with Crippen LogP contribution in [-0.2, 0) is 16.7 Å². The van der Waals surface area contributed by atoms with Gasteiger partial charge in [0.05, 0.1) is 0 Å². The highest BCUT2D eigenvalue weighted by Crippen LogP contribution is 2.61. The molecule has 1 aliphatic rings. The van der Waals surface area contributed by atoms with Crippen LogP contribution in [0.15, 0.2) is 35.8 Å². The molecule has 3 heterocycles. The molecule has 0 N–H and O–H groups in total. The van der Waals surface area contributed by atoms with E-state index in [1.54, 1.807) is 34.7 Å². The summed E-state index contributed by atoms with van der Waals surface area (Å²) >= 11 is 1.33. The van der Waals surface area contributed by atoms with Crippen molar-refractivity contribution in [1.82, 2.24) is 9.88 Å². The Morgan fingerprint density at radius 2 is 1.77 bits per heavy atom. The van der Waals surface area contributed by atoms with Gasteiger partial charge in [-0.2, -0.15) is 26.3 Å². The van der Waals surface area contributed by atoms with Gasteiger partial charge in [0.2, 0.25) is 0 Å². The van der Waals surface area contributed by atoms with E-state index in [1.165, 1.54) is 18.3 Å². The Hall–Kier alpha value is -1.65. The molecule has 0 amide bonds. The Kier molecular flexibility index (Phi) is 7.99. The van der Waals surface area contributed by atoms with Gasteiger partial charge in [-0.1, -0.05) is 19.1 Å². The van der Waals surface area contributed by atoms with Crippen LogP contribution in [0.4, 0.5) is 26.3 Å². The van der Waals surface area contributed by atoms with E-state index in [0.717, 1.165) is 16.1 Å². The predicted octanol–water partition coefficient (Wildman–Crippen LogP) is 7.30. The fraction of sp³-hybridized carbons (Fsp3) is 0.640. The molecule has 0 aromatic carbocycles. The molecule has 2 atom stereocenters. The van der Waals surface area contributed by atoms with Gasteiger partial charge in [-0.15, -0.1) is 11.3 Å². The SMILES string of the molecule is CCOC(C(F)(F)F)(C(F)(F)F)[C@]1(CCc2cccs2)CCN(C(C)(CC)c2ccc(C)nc2)C1. The number of alkyl halides is 6. The number of ether oxygens (including phenoxy) is 1. The normalized spacial score (nSPS) is 21.9. The lowest BCUT2D eigenvalue weighted by molar-refractivity contribution is -0.415. The highest BCUT2D eigenvalue weighted by Gasteiger charge is 2.81. The summed E-state index contributed by atoms with van der Waals surface area (Å²) < 4.78 is 92.6. The van der Waals surface area contributed by atoms with Gasteiger partial charge in [-0.05, 0) is 76.1 Å². The zero-order valence-electron chi connectivity index (χ0n) is 20.4. The van der Waals surface area contributed by atoms with Gasteiger partial charge in [0, 0.05) is 40.9 Å². The number of aromatic nitrogens is 1.